The summed E-state index contributed by atoms with van der Waals surface area (Å²) >= 11 is 0. The van der Waals surface area contributed by atoms with Gasteiger partial charge >= 0.3 is 0 Å². The van der Waals surface area contributed by atoms with Gasteiger partial charge in [0.05, 0.1) is 0 Å². The van der Waals surface area contributed by atoms with Gasteiger partial charge in [0.2, 0.25) is 0 Å². The maximum atomic E-state index is 3.78. The standard InChI is InChI=1S/C10H21N/c1-9(2)7-5-6-8-11-10(3)4/h9,11H,3,5-8H2,1-2,4H3. The highest BCUT2D eigenvalue weighted by Gasteiger charge is 1.92. The molecule has 0 saturated carbocycles. The number of rotatable bonds is 6. The zero-order valence-corrected chi connectivity index (χ0v) is 8.11. The van der Waals surface area contributed by atoms with Crippen molar-refractivity contribution in [2.45, 2.75) is 40.0 Å². The van der Waals surface area contributed by atoms with Crippen molar-refractivity contribution in [2.75, 3.05) is 6.54 Å². The molecule has 0 saturated heterocycles. The van der Waals surface area contributed by atoms with Gasteiger partial charge in [-0.2, -0.15) is 0 Å². The molecule has 0 spiro atoms. The molecule has 0 fully saturated rings. The zero-order valence-electron chi connectivity index (χ0n) is 8.11. The van der Waals surface area contributed by atoms with Crippen molar-refractivity contribution in [3.05, 3.63) is 12.3 Å². The second kappa shape index (κ2) is 6.26. The maximum Gasteiger partial charge on any atom is 0.0143 e. The molecule has 66 valence electrons. The third kappa shape index (κ3) is 9.54. The van der Waals surface area contributed by atoms with Crippen LogP contribution in [0.1, 0.15) is 40.0 Å². The number of hydrogen-bond acceptors (Lipinski definition) is 1. The lowest BCUT2D eigenvalue weighted by atomic mass is 10.1. The fraction of sp³-hybridized carbons (Fsp3) is 0.800. The van der Waals surface area contributed by atoms with Crippen molar-refractivity contribution < 1.29 is 0 Å². The van der Waals surface area contributed by atoms with Crippen LogP contribution in [0.2, 0.25) is 0 Å². The van der Waals surface area contributed by atoms with Gasteiger partial charge in [0.1, 0.15) is 0 Å². The summed E-state index contributed by atoms with van der Waals surface area (Å²) in [4.78, 5) is 0. The highest BCUT2D eigenvalue weighted by atomic mass is 14.9. The Kier molecular flexibility index (Phi) is 6.00. The Morgan fingerprint density at radius 1 is 1.36 bits per heavy atom. The van der Waals surface area contributed by atoms with Crippen LogP contribution in [-0.4, -0.2) is 6.54 Å². The Morgan fingerprint density at radius 3 is 2.45 bits per heavy atom. The molecular formula is C10H21N. The second-order valence-corrected chi connectivity index (χ2v) is 3.60. The van der Waals surface area contributed by atoms with Gasteiger partial charge in [-0.05, 0) is 19.3 Å². The number of unbranched alkanes of at least 4 members (excludes halogenated alkanes) is 1. The SMILES string of the molecule is C=C(C)NCCCCC(C)C. The van der Waals surface area contributed by atoms with Crippen LogP contribution in [0.15, 0.2) is 12.3 Å². The van der Waals surface area contributed by atoms with Crippen LogP contribution >= 0.6 is 0 Å². The predicted octanol–water partition coefficient (Wildman–Crippen LogP) is 2.94. The zero-order chi connectivity index (χ0) is 8.69. The molecule has 0 aromatic rings. The normalized spacial score (nSPS) is 10.2. The molecule has 1 nitrogen and oxygen atoms in total. The summed E-state index contributed by atoms with van der Waals surface area (Å²) in [5, 5.41) is 3.22. The molecule has 0 heterocycles. The highest BCUT2D eigenvalue weighted by Crippen LogP contribution is 2.05. The predicted molar refractivity (Wildman–Crippen MR) is 51.5 cm³/mol. The number of hydrogen-bond donors (Lipinski definition) is 1. The van der Waals surface area contributed by atoms with Crippen molar-refractivity contribution >= 4 is 0 Å². The third-order valence-corrected chi connectivity index (χ3v) is 1.64. The van der Waals surface area contributed by atoms with E-state index in [-0.39, 0.29) is 0 Å². The van der Waals surface area contributed by atoms with Gasteiger partial charge in [-0.1, -0.05) is 33.3 Å². The molecule has 0 unspecified atom stereocenters. The van der Waals surface area contributed by atoms with Crippen LogP contribution in [-0.2, 0) is 0 Å². The molecule has 0 aliphatic heterocycles. The Bertz CT molecular complexity index is 105. The van der Waals surface area contributed by atoms with Gasteiger partial charge in [-0.25, -0.2) is 0 Å². The first-order chi connectivity index (χ1) is 5.13. The summed E-state index contributed by atoms with van der Waals surface area (Å²) in [6.07, 6.45) is 3.95. The molecular weight excluding hydrogens is 134 g/mol. The minimum absolute atomic E-state index is 0.847. The molecule has 1 N–H and O–H groups in total. The molecule has 0 aliphatic rings. The molecule has 0 radical (unpaired) electrons. The van der Waals surface area contributed by atoms with E-state index < -0.39 is 0 Å². The van der Waals surface area contributed by atoms with Gasteiger partial charge < -0.3 is 5.32 Å². The fourth-order valence-electron chi connectivity index (χ4n) is 0.979. The van der Waals surface area contributed by atoms with E-state index in [0.29, 0.717) is 0 Å². The van der Waals surface area contributed by atoms with Crippen LogP contribution in [0.3, 0.4) is 0 Å². The highest BCUT2D eigenvalue weighted by molar-refractivity contribution is 4.83. The number of allylic oxidation sites excluding steroid dienone is 1. The van der Waals surface area contributed by atoms with Crippen molar-refractivity contribution in [2.24, 2.45) is 5.92 Å². The Balaban J connectivity index is 2.97. The van der Waals surface area contributed by atoms with Crippen LogP contribution in [0, 0.1) is 5.92 Å². The van der Waals surface area contributed by atoms with Gasteiger partial charge in [-0.3, -0.25) is 0 Å². The minimum atomic E-state index is 0.847. The summed E-state index contributed by atoms with van der Waals surface area (Å²) in [5.41, 5.74) is 1.08. The Labute approximate surface area is 70.9 Å². The smallest absolute Gasteiger partial charge is 0.0143 e. The van der Waals surface area contributed by atoms with Crippen LogP contribution in [0.5, 0.6) is 0 Å². The Morgan fingerprint density at radius 2 is 2.00 bits per heavy atom. The molecule has 0 rings (SSSR count). The van der Waals surface area contributed by atoms with Gasteiger partial charge in [0.15, 0.2) is 0 Å². The second-order valence-electron chi connectivity index (χ2n) is 3.60. The summed E-state index contributed by atoms with van der Waals surface area (Å²) in [6, 6.07) is 0. The average molecular weight is 155 g/mol. The molecule has 0 aliphatic carbocycles. The van der Waals surface area contributed by atoms with E-state index >= 15 is 0 Å². The van der Waals surface area contributed by atoms with E-state index in [1.807, 2.05) is 6.92 Å². The topological polar surface area (TPSA) is 12.0 Å². The number of nitrogens with one attached hydrogen (secondary N) is 1. The maximum absolute atomic E-state index is 3.78. The molecule has 0 amide bonds. The lowest BCUT2D eigenvalue weighted by molar-refractivity contribution is 0.531. The van der Waals surface area contributed by atoms with E-state index in [0.717, 1.165) is 18.2 Å². The first-order valence-corrected chi connectivity index (χ1v) is 4.52. The molecule has 0 aromatic heterocycles. The van der Waals surface area contributed by atoms with Crippen molar-refractivity contribution in [3.63, 3.8) is 0 Å². The lowest BCUT2D eigenvalue weighted by Gasteiger charge is -2.06. The fourth-order valence-corrected chi connectivity index (χ4v) is 0.979. The molecule has 1 heteroatoms. The van der Waals surface area contributed by atoms with E-state index in [1.54, 1.807) is 0 Å². The van der Waals surface area contributed by atoms with Gasteiger partial charge in [0.25, 0.3) is 0 Å². The van der Waals surface area contributed by atoms with Crippen molar-refractivity contribution in [1.29, 1.82) is 0 Å². The van der Waals surface area contributed by atoms with Gasteiger partial charge in [-0.15, -0.1) is 0 Å². The first kappa shape index (κ1) is 10.5. The molecule has 0 atom stereocenters. The molecule has 0 bridgehead atoms. The first-order valence-electron chi connectivity index (χ1n) is 4.52. The third-order valence-electron chi connectivity index (χ3n) is 1.64. The minimum Gasteiger partial charge on any atom is -0.389 e. The van der Waals surface area contributed by atoms with Gasteiger partial charge in [0, 0.05) is 12.2 Å². The molecule has 0 aromatic carbocycles. The van der Waals surface area contributed by atoms with Crippen LogP contribution < -0.4 is 5.32 Å². The Hall–Kier alpha value is -0.460. The summed E-state index contributed by atoms with van der Waals surface area (Å²) in [7, 11) is 0. The summed E-state index contributed by atoms with van der Waals surface area (Å²) < 4.78 is 0. The lowest BCUT2D eigenvalue weighted by Crippen LogP contribution is -2.11. The van der Waals surface area contributed by atoms with Crippen molar-refractivity contribution in [3.8, 4) is 0 Å². The quantitative estimate of drug-likeness (QED) is 0.581. The van der Waals surface area contributed by atoms with Crippen molar-refractivity contribution in [1.82, 2.24) is 5.32 Å². The molecule has 11 heavy (non-hydrogen) atoms. The van der Waals surface area contributed by atoms with E-state index in [1.165, 1.54) is 19.3 Å². The summed E-state index contributed by atoms with van der Waals surface area (Å²) in [6.45, 7) is 11.4. The van der Waals surface area contributed by atoms with E-state index in [2.05, 4.69) is 25.7 Å². The largest absolute Gasteiger partial charge is 0.389 e. The average Bonchev–Trinajstić information content (AvgIpc) is 1.85. The van der Waals surface area contributed by atoms with Crippen LogP contribution in [0.25, 0.3) is 0 Å². The van der Waals surface area contributed by atoms with E-state index in [9.17, 15) is 0 Å². The van der Waals surface area contributed by atoms with E-state index in [4.69, 9.17) is 0 Å². The van der Waals surface area contributed by atoms with Crippen LogP contribution in [0.4, 0.5) is 0 Å². The monoisotopic (exact) mass is 155 g/mol. The summed E-state index contributed by atoms with van der Waals surface area (Å²) in [5.74, 6) is 0.847.